The smallest absolute Gasteiger partial charge is 0.340 e. The monoisotopic (exact) mass is 412 g/mol. The maximum absolute atomic E-state index is 13.2. The Hall–Kier alpha value is -3.45. The minimum absolute atomic E-state index is 0.0622. The summed E-state index contributed by atoms with van der Waals surface area (Å²) < 4.78 is 5.13. The van der Waals surface area contributed by atoms with Gasteiger partial charge in [0.25, 0.3) is 11.6 Å². The molecule has 0 aliphatic carbocycles. The van der Waals surface area contributed by atoms with Crippen LogP contribution in [0, 0.1) is 10.1 Å². The number of para-hydroxylation sites is 1. The molecule has 0 fully saturated rings. The van der Waals surface area contributed by atoms with Crippen LogP contribution in [-0.2, 0) is 14.3 Å². The number of non-ortho nitro benzene ring substituents is 1. The maximum Gasteiger partial charge on any atom is 0.340 e. The summed E-state index contributed by atoms with van der Waals surface area (Å²) in [6.45, 7) is 3.45. The molecule has 0 radical (unpaired) electrons. The number of carbonyl (C=O) groups is 2. The summed E-state index contributed by atoms with van der Waals surface area (Å²) in [6.07, 6.45) is 1.39. The fourth-order valence-electron chi connectivity index (χ4n) is 3.08. The van der Waals surface area contributed by atoms with Gasteiger partial charge in [0.05, 0.1) is 22.7 Å². The second-order valence-corrected chi connectivity index (χ2v) is 6.59. The van der Waals surface area contributed by atoms with E-state index < -0.39 is 16.8 Å². The van der Waals surface area contributed by atoms with E-state index in [1.165, 1.54) is 29.2 Å². The molecule has 2 aromatic rings. The maximum atomic E-state index is 13.2. The van der Waals surface area contributed by atoms with Crippen LogP contribution in [0.5, 0.6) is 0 Å². The van der Waals surface area contributed by atoms with Crippen LogP contribution in [0.4, 0.5) is 11.4 Å². The Morgan fingerprint density at radius 2 is 1.93 bits per heavy atom. The Labute approximate surface area is 172 Å². The van der Waals surface area contributed by atoms with Crippen molar-refractivity contribution in [1.29, 1.82) is 0 Å². The number of allylic oxidation sites excluding steroid dienone is 1. The number of halogens is 1. The molecule has 1 aliphatic rings. The van der Waals surface area contributed by atoms with Gasteiger partial charge in [-0.1, -0.05) is 29.8 Å². The van der Waals surface area contributed by atoms with Gasteiger partial charge in [0.15, 0.2) is 0 Å². The van der Waals surface area contributed by atoms with Gasteiger partial charge in [-0.25, -0.2) is 4.79 Å². The van der Waals surface area contributed by atoms with Crippen molar-refractivity contribution < 1.29 is 19.2 Å². The number of carbonyl (C=O) groups excluding carboxylic acids is 2. The molecule has 1 aliphatic heterocycles. The SMILES string of the molecule is CCOC(=O)C1=C(C)N(c2ccccc2)C(=O)/C1=C\c1cc([N+](=O)[O-])ccc1Cl. The molecule has 0 spiro atoms. The van der Waals surface area contributed by atoms with Crippen molar-refractivity contribution in [2.75, 3.05) is 11.5 Å². The molecular weight excluding hydrogens is 396 g/mol. The Balaban J connectivity index is 2.17. The zero-order chi connectivity index (χ0) is 21.1. The Morgan fingerprint density at radius 3 is 2.55 bits per heavy atom. The summed E-state index contributed by atoms with van der Waals surface area (Å²) in [7, 11) is 0. The first-order valence-corrected chi connectivity index (χ1v) is 9.16. The van der Waals surface area contributed by atoms with Crippen molar-refractivity contribution in [3.8, 4) is 0 Å². The molecule has 2 aromatic carbocycles. The van der Waals surface area contributed by atoms with Crippen molar-refractivity contribution in [2.45, 2.75) is 13.8 Å². The molecular formula is C21H17ClN2O5. The first-order valence-electron chi connectivity index (χ1n) is 8.78. The average Bonchev–Trinajstić information content (AvgIpc) is 2.94. The molecule has 0 atom stereocenters. The van der Waals surface area contributed by atoms with E-state index in [1.54, 1.807) is 38.1 Å². The van der Waals surface area contributed by atoms with Gasteiger partial charge in [0.1, 0.15) is 0 Å². The standard InChI is InChI=1S/C21H17ClN2O5/c1-3-29-21(26)19-13(2)23(15-7-5-4-6-8-15)20(25)17(19)12-14-11-16(24(27)28)9-10-18(14)22/h4-12H,3H2,1-2H3/b17-12-. The molecule has 0 N–H and O–H groups in total. The van der Waals surface area contributed by atoms with E-state index in [-0.39, 0.29) is 34.0 Å². The zero-order valence-electron chi connectivity index (χ0n) is 15.7. The largest absolute Gasteiger partial charge is 0.462 e. The summed E-state index contributed by atoms with van der Waals surface area (Å²) in [5.74, 6) is -1.09. The highest BCUT2D eigenvalue weighted by Gasteiger charge is 2.38. The van der Waals surface area contributed by atoms with Gasteiger partial charge >= 0.3 is 5.97 Å². The summed E-state index contributed by atoms with van der Waals surface area (Å²) in [5, 5.41) is 11.3. The van der Waals surface area contributed by atoms with Crippen LogP contribution in [0.25, 0.3) is 6.08 Å². The van der Waals surface area contributed by atoms with Crippen molar-refractivity contribution >= 4 is 40.9 Å². The number of rotatable bonds is 5. The van der Waals surface area contributed by atoms with Crippen LogP contribution in [0.2, 0.25) is 5.02 Å². The number of amides is 1. The summed E-state index contributed by atoms with van der Waals surface area (Å²) >= 11 is 6.18. The van der Waals surface area contributed by atoms with E-state index >= 15 is 0 Å². The van der Waals surface area contributed by atoms with Gasteiger partial charge in [-0.2, -0.15) is 0 Å². The van der Waals surface area contributed by atoms with E-state index in [1.807, 2.05) is 6.07 Å². The van der Waals surface area contributed by atoms with Crippen LogP contribution >= 0.6 is 11.6 Å². The highest BCUT2D eigenvalue weighted by atomic mass is 35.5. The molecule has 0 bridgehead atoms. The molecule has 0 saturated heterocycles. The molecule has 0 aromatic heterocycles. The number of ether oxygens (including phenoxy) is 1. The lowest BCUT2D eigenvalue weighted by Gasteiger charge is -2.17. The van der Waals surface area contributed by atoms with E-state index in [2.05, 4.69) is 0 Å². The lowest BCUT2D eigenvalue weighted by molar-refractivity contribution is -0.384. The Morgan fingerprint density at radius 1 is 1.24 bits per heavy atom. The van der Waals surface area contributed by atoms with Gasteiger partial charge in [0.2, 0.25) is 0 Å². The van der Waals surface area contributed by atoms with Gasteiger partial charge in [-0.05, 0) is 38.1 Å². The molecule has 7 nitrogen and oxygen atoms in total. The van der Waals surface area contributed by atoms with Crippen molar-refractivity contribution in [1.82, 2.24) is 0 Å². The molecule has 0 saturated carbocycles. The third-order valence-corrected chi connectivity index (χ3v) is 4.73. The quantitative estimate of drug-likeness (QED) is 0.312. The Bertz CT molecular complexity index is 1060. The number of nitrogens with zero attached hydrogens (tertiary/aromatic N) is 2. The highest BCUT2D eigenvalue weighted by Crippen LogP contribution is 2.36. The van der Waals surface area contributed by atoms with Gasteiger partial charge in [0, 0.05) is 34.1 Å². The second kappa shape index (κ2) is 8.28. The second-order valence-electron chi connectivity index (χ2n) is 6.18. The number of esters is 1. The first kappa shape index (κ1) is 20.3. The molecule has 1 heterocycles. The van der Waals surface area contributed by atoms with Gasteiger partial charge < -0.3 is 4.74 Å². The van der Waals surface area contributed by atoms with E-state index in [9.17, 15) is 19.7 Å². The number of hydrogen-bond acceptors (Lipinski definition) is 5. The fraction of sp³-hybridized carbons (Fsp3) is 0.143. The normalized spacial score (nSPS) is 15.2. The van der Waals surface area contributed by atoms with Crippen LogP contribution < -0.4 is 4.90 Å². The van der Waals surface area contributed by atoms with Crippen LogP contribution in [0.15, 0.2) is 65.4 Å². The molecule has 148 valence electrons. The number of hydrogen-bond donors (Lipinski definition) is 0. The van der Waals surface area contributed by atoms with Crippen LogP contribution in [0.3, 0.4) is 0 Å². The summed E-state index contributed by atoms with van der Waals surface area (Å²) in [6, 6.07) is 12.8. The third kappa shape index (κ3) is 3.90. The predicted molar refractivity (Wildman–Crippen MR) is 109 cm³/mol. The average molecular weight is 413 g/mol. The van der Waals surface area contributed by atoms with Crippen LogP contribution in [0.1, 0.15) is 19.4 Å². The number of nitro groups is 1. The zero-order valence-corrected chi connectivity index (χ0v) is 16.5. The minimum Gasteiger partial charge on any atom is -0.462 e. The number of nitro benzene ring substituents is 1. The van der Waals surface area contributed by atoms with E-state index in [0.29, 0.717) is 11.4 Å². The number of anilines is 1. The Kier molecular flexibility index (Phi) is 5.79. The number of benzene rings is 2. The lowest BCUT2D eigenvalue weighted by atomic mass is 10.0. The first-order chi connectivity index (χ1) is 13.8. The molecule has 8 heteroatoms. The van der Waals surface area contributed by atoms with Gasteiger partial charge in [-0.15, -0.1) is 0 Å². The molecule has 29 heavy (non-hydrogen) atoms. The predicted octanol–water partition coefficient (Wildman–Crippen LogP) is 4.52. The topological polar surface area (TPSA) is 89.8 Å². The lowest BCUT2D eigenvalue weighted by Crippen LogP contribution is -2.24. The minimum atomic E-state index is -0.649. The molecule has 1 amide bonds. The van der Waals surface area contributed by atoms with E-state index in [4.69, 9.17) is 16.3 Å². The van der Waals surface area contributed by atoms with E-state index in [0.717, 1.165) is 0 Å². The summed E-state index contributed by atoms with van der Waals surface area (Å²) in [4.78, 5) is 37.7. The fourth-order valence-corrected chi connectivity index (χ4v) is 3.25. The third-order valence-electron chi connectivity index (χ3n) is 4.38. The van der Waals surface area contributed by atoms with Crippen molar-refractivity contribution in [3.05, 3.63) is 86.1 Å². The highest BCUT2D eigenvalue weighted by molar-refractivity contribution is 6.32. The van der Waals surface area contributed by atoms with Gasteiger partial charge in [-0.3, -0.25) is 19.8 Å². The van der Waals surface area contributed by atoms with Crippen LogP contribution in [-0.4, -0.2) is 23.4 Å². The molecule has 3 rings (SSSR count). The molecule has 0 unspecified atom stereocenters. The van der Waals surface area contributed by atoms with Crippen molar-refractivity contribution in [2.24, 2.45) is 0 Å². The van der Waals surface area contributed by atoms with Crippen molar-refractivity contribution in [3.63, 3.8) is 0 Å². The summed E-state index contributed by atoms with van der Waals surface area (Å²) in [5.41, 5.74) is 1.24.